The maximum absolute atomic E-state index is 6.58. The van der Waals surface area contributed by atoms with Crippen LogP contribution >= 0.6 is 0 Å². The summed E-state index contributed by atoms with van der Waals surface area (Å²) in [5, 5.41) is 20.9. The fraction of sp³-hybridized carbons (Fsp3) is 0.220. The molecule has 3 heterocycles. The number of hydrogen-bond acceptors (Lipinski definition) is 8. The summed E-state index contributed by atoms with van der Waals surface area (Å²) in [5.74, 6) is 2.03. The summed E-state index contributed by atoms with van der Waals surface area (Å²) in [4.78, 5) is 8.35. The minimum atomic E-state index is -0.0296. The zero-order valence-electron chi connectivity index (χ0n) is 52.4. The van der Waals surface area contributed by atoms with E-state index in [9.17, 15) is 0 Å². The molecule has 15 rings (SSSR count). The van der Waals surface area contributed by atoms with Gasteiger partial charge in [-0.3, -0.25) is 0 Å². The minimum absolute atomic E-state index is 0.0296. The molecule has 0 aliphatic heterocycles. The normalized spacial score (nSPS) is 13.3. The number of nitrogens with one attached hydrogen (secondary N) is 1. The molecule has 0 saturated carbocycles. The molecule has 450 valence electrons. The van der Waals surface area contributed by atoms with Gasteiger partial charge in [-0.1, -0.05) is 176 Å². The molecule has 3 aromatic heterocycles. The Balaban J connectivity index is 0.719. The first-order valence-corrected chi connectivity index (χ1v) is 33.0. The second-order valence-corrected chi connectivity index (χ2v) is 25.0. The third-order valence-electron chi connectivity index (χ3n) is 19.6. The average molecular weight is 1190 g/mol. The first-order valence-electron chi connectivity index (χ1n) is 33.0. The number of aromatic nitrogens is 5. The highest BCUT2D eigenvalue weighted by molar-refractivity contribution is 6.10. The zero-order valence-corrected chi connectivity index (χ0v) is 52.4. The average Bonchev–Trinajstić information content (AvgIpc) is 1.61. The van der Waals surface area contributed by atoms with E-state index in [1.54, 1.807) is 0 Å². The van der Waals surface area contributed by atoms with E-state index < -0.39 is 0 Å². The summed E-state index contributed by atoms with van der Waals surface area (Å²) >= 11 is 0. The van der Waals surface area contributed by atoms with Gasteiger partial charge >= 0.3 is 0 Å². The standard InChI is InChI=1S/C82H75N7O2/c1-5-9-47-81(48-10-6-2)71-29-21-19-27-65(71)67-43-35-57(51-73(67)81)79-86-84-77(90-79)55-31-37-61(38-32-55)88(59-23-15-13-16-24-59)63-41-45-75-69(53-63)70-54-64(42-46-76(70)83-75)89(60-25-17-14-18-26-60)62-39-33-56(34-40-62)78-85-87-80(91-78)58-36-44-68-66-28-20-22-30-72(66)82(49-11-7-3,50-12-8-4)74(68)52-58/h13-46,51-54,83H,5-12,47-50H2,1-4H3. The minimum Gasteiger partial charge on any atom is -0.416 e. The van der Waals surface area contributed by atoms with E-state index in [0.717, 1.165) is 130 Å². The van der Waals surface area contributed by atoms with Crippen molar-refractivity contribution < 1.29 is 8.83 Å². The molecule has 0 bridgehead atoms. The number of rotatable bonds is 22. The summed E-state index contributed by atoms with van der Waals surface area (Å²) in [6, 6.07) is 83.0. The van der Waals surface area contributed by atoms with Crippen LogP contribution in [0.15, 0.2) is 239 Å². The highest BCUT2D eigenvalue weighted by atomic mass is 16.4. The molecule has 9 nitrogen and oxygen atoms in total. The number of unbranched alkanes of at least 4 members (excludes halogenated alkanes) is 4. The molecule has 2 aliphatic carbocycles. The molecule has 9 heteroatoms. The number of anilines is 6. The number of H-pyrrole nitrogens is 1. The van der Waals surface area contributed by atoms with Crippen LogP contribution in [-0.4, -0.2) is 25.4 Å². The Hall–Kier alpha value is -10.1. The molecule has 13 aromatic rings. The maximum Gasteiger partial charge on any atom is 0.248 e. The van der Waals surface area contributed by atoms with Gasteiger partial charge in [-0.15, -0.1) is 20.4 Å². The lowest BCUT2D eigenvalue weighted by atomic mass is 9.70. The molecule has 0 saturated heterocycles. The fourth-order valence-electron chi connectivity index (χ4n) is 15.0. The first-order chi connectivity index (χ1) is 44.9. The van der Waals surface area contributed by atoms with E-state index in [0.29, 0.717) is 23.6 Å². The molecule has 0 radical (unpaired) electrons. The van der Waals surface area contributed by atoms with Gasteiger partial charge in [-0.05, 0) is 204 Å². The van der Waals surface area contributed by atoms with E-state index in [2.05, 4.69) is 293 Å². The van der Waals surface area contributed by atoms with Crippen LogP contribution in [-0.2, 0) is 10.8 Å². The molecule has 1 N–H and O–H groups in total. The largest absolute Gasteiger partial charge is 0.416 e. The number of aromatic amines is 1. The van der Waals surface area contributed by atoms with Crippen LogP contribution in [0.3, 0.4) is 0 Å². The SMILES string of the molecule is CCCCC1(CCCC)c2ccccc2-c2ccc(-c3nnc(-c4ccc(N(c5ccccc5)c5ccc6[nH]c7ccc(N(c8ccccc8)c8ccc(-c9nnc(-c%10ccc%11c(c%10)C(CCCC)(CCCC)c%10ccccc%10-%11)o9)cc8)cc7c6c5)cc4)o3)cc21. The van der Waals surface area contributed by atoms with Gasteiger partial charge in [-0.25, -0.2) is 0 Å². The van der Waals surface area contributed by atoms with Gasteiger partial charge < -0.3 is 23.6 Å². The third-order valence-corrected chi connectivity index (χ3v) is 19.6. The summed E-state index contributed by atoms with van der Waals surface area (Å²) in [6.07, 6.45) is 13.8. The molecule has 0 spiro atoms. The Kier molecular flexibility index (Phi) is 15.3. The van der Waals surface area contributed by atoms with Crippen LogP contribution in [0, 0.1) is 0 Å². The number of para-hydroxylation sites is 2. The van der Waals surface area contributed by atoms with Crippen molar-refractivity contribution >= 4 is 55.9 Å². The maximum atomic E-state index is 6.58. The Morgan fingerprint density at radius 1 is 0.308 bits per heavy atom. The van der Waals surface area contributed by atoms with Crippen LogP contribution in [0.2, 0.25) is 0 Å². The van der Waals surface area contributed by atoms with Crippen molar-refractivity contribution in [2.24, 2.45) is 0 Å². The van der Waals surface area contributed by atoms with Crippen molar-refractivity contribution in [1.29, 1.82) is 0 Å². The molecule has 0 atom stereocenters. The van der Waals surface area contributed by atoms with Gasteiger partial charge in [0.05, 0.1) is 0 Å². The van der Waals surface area contributed by atoms with E-state index >= 15 is 0 Å². The van der Waals surface area contributed by atoms with Gasteiger partial charge in [0.2, 0.25) is 23.6 Å². The topological polar surface area (TPSA) is 100 Å². The quantitative estimate of drug-likeness (QED) is 0.0716. The highest BCUT2D eigenvalue weighted by Gasteiger charge is 2.44. The molecular weight excluding hydrogens is 1110 g/mol. The fourth-order valence-corrected chi connectivity index (χ4v) is 15.0. The third kappa shape index (κ3) is 10.2. The Labute approximate surface area is 533 Å². The molecule has 0 amide bonds. The zero-order chi connectivity index (χ0) is 61.5. The smallest absolute Gasteiger partial charge is 0.248 e. The van der Waals surface area contributed by atoms with Crippen LogP contribution in [0.1, 0.15) is 127 Å². The number of hydrogen-bond donors (Lipinski definition) is 1. The van der Waals surface area contributed by atoms with Crippen molar-refractivity contribution in [3.63, 3.8) is 0 Å². The molecule has 91 heavy (non-hydrogen) atoms. The lowest BCUT2D eigenvalue weighted by Crippen LogP contribution is -2.25. The summed E-state index contributed by atoms with van der Waals surface area (Å²) in [6.45, 7) is 9.19. The van der Waals surface area contributed by atoms with Crippen LogP contribution in [0.5, 0.6) is 0 Å². The highest BCUT2D eigenvalue weighted by Crippen LogP contribution is 2.57. The Bertz CT molecular complexity index is 4420. The van der Waals surface area contributed by atoms with Gasteiger partial charge in [0.25, 0.3) is 0 Å². The summed E-state index contributed by atoms with van der Waals surface area (Å²) in [5.41, 5.74) is 22.9. The van der Waals surface area contributed by atoms with Crippen LogP contribution < -0.4 is 9.80 Å². The molecule has 0 unspecified atom stereocenters. The number of benzene rings is 10. The summed E-state index contributed by atoms with van der Waals surface area (Å²) < 4.78 is 13.2. The van der Waals surface area contributed by atoms with Crippen molar-refractivity contribution in [2.45, 2.75) is 116 Å². The predicted molar refractivity (Wildman–Crippen MR) is 373 cm³/mol. The van der Waals surface area contributed by atoms with Crippen molar-refractivity contribution in [3.8, 4) is 68.1 Å². The monoisotopic (exact) mass is 1190 g/mol. The van der Waals surface area contributed by atoms with Crippen molar-refractivity contribution in [3.05, 3.63) is 253 Å². The first kappa shape index (κ1) is 57.3. The van der Waals surface area contributed by atoms with Gasteiger partial charge in [0.15, 0.2) is 0 Å². The molecular formula is C82H75N7O2. The second-order valence-electron chi connectivity index (χ2n) is 25.0. The lowest BCUT2D eigenvalue weighted by molar-refractivity contribution is 0.414. The molecule has 10 aromatic carbocycles. The predicted octanol–water partition coefficient (Wildman–Crippen LogP) is 23.0. The Morgan fingerprint density at radius 2 is 0.626 bits per heavy atom. The molecule has 0 fully saturated rings. The number of fused-ring (bicyclic) bond motifs is 9. The molecule has 2 aliphatic rings. The van der Waals surface area contributed by atoms with E-state index in [1.807, 2.05) is 0 Å². The lowest BCUT2D eigenvalue weighted by Gasteiger charge is -2.32. The van der Waals surface area contributed by atoms with E-state index in [4.69, 9.17) is 8.83 Å². The second kappa shape index (κ2) is 24.3. The van der Waals surface area contributed by atoms with Gasteiger partial charge in [0, 0.05) is 89.0 Å². The van der Waals surface area contributed by atoms with E-state index in [1.165, 1.54) is 70.2 Å². The van der Waals surface area contributed by atoms with Gasteiger partial charge in [0.1, 0.15) is 0 Å². The van der Waals surface area contributed by atoms with Crippen molar-refractivity contribution in [2.75, 3.05) is 9.80 Å². The van der Waals surface area contributed by atoms with E-state index in [-0.39, 0.29) is 10.8 Å². The van der Waals surface area contributed by atoms with Gasteiger partial charge in [-0.2, -0.15) is 0 Å². The van der Waals surface area contributed by atoms with Crippen molar-refractivity contribution in [1.82, 2.24) is 25.4 Å². The van der Waals surface area contributed by atoms with Crippen LogP contribution in [0.25, 0.3) is 89.9 Å². The Morgan fingerprint density at radius 3 is 1.01 bits per heavy atom. The number of nitrogens with zero attached hydrogens (tertiary/aromatic N) is 6. The summed E-state index contributed by atoms with van der Waals surface area (Å²) in [7, 11) is 0. The van der Waals surface area contributed by atoms with Crippen LogP contribution in [0.4, 0.5) is 34.1 Å².